The number of rotatable bonds is 4. The molecule has 1 heterocycles. The van der Waals surface area contributed by atoms with Gasteiger partial charge in [0.1, 0.15) is 11.4 Å². The monoisotopic (exact) mass is 338 g/mol. The van der Waals surface area contributed by atoms with Gasteiger partial charge in [-0.1, -0.05) is 12.1 Å². The second-order valence-corrected chi connectivity index (χ2v) is 7.83. The number of amides is 2. The largest absolute Gasteiger partial charge is 0.384 e. The van der Waals surface area contributed by atoms with E-state index in [2.05, 4.69) is 10.6 Å². The summed E-state index contributed by atoms with van der Waals surface area (Å²) in [6, 6.07) is 5.09. The Kier molecular flexibility index (Phi) is 4.93. The molecule has 1 fully saturated rings. The van der Waals surface area contributed by atoms with Crippen LogP contribution < -0.4 is 10.6 Å². The van der Waals surface area contributed by atoms with Crippen molar-refractivity contribution >= 4 is 6.03 Å². The minimum absolute atomic E-state index is 0.0157. The van der Waals surface area contributed by atoms with E-state index < -0.39 is 11.2 Å². The molecule has 0 radical (unpaired) electrons. The standard InChI is InChI=1S/C18H27FN2O3/c1-16(2)10-14(17(3,4)24-16)21-15(22)20-11-18(5,23)12-6-8-13(19)9-7-12/h6-9,14,23H,10-11H2,1-5H3,(H2,20,21,22). The van der Waals surface area contributed by atoms with Crippen molar-refractivity contribution in [1.82, 2.24) is 10.6 Å². The van der Waals surface area contributed by atoms with Crippen molar-refractivity contribution in [1.29, 1.82) is 0 Å². The number of benzene rings is 1. The smallest absolute Gasteiger partial charge is 0.315 e. The van der Waals surface area contributed by atoms with Crippen LogP contribution in [-0.4, -0.2) is 34.9 Å². The van der Waals surface area contributed by atoms with Gasteiger partial charge in [0.15, 0.2) is 0 Å². The third kappa shape index (κ3) is 4.45. The fraction of sp³-hybridized carbons (Fsp3) is 0.611. The van der Waals surface area contributed by atoms with E-state index in [1.54, 1.807) is 6.92 Å². The highest BCUT2D eigenvalue weighted by molar-refractivity contribution is 5.74. The summed E-state index contributed by atoms with van der Waals surface area (Å²) in [6.45, 7) is 9.47. The van der Waals surface area contributed by atoms with Gasteiger partial charge in [-0.25, -0.2) is 9.18 Å². The molecule has 2 amide bonds. The van der Waals surface area contributed by atoms with Crippen LogP contribution >= 0.6 is 0 Å². The van der Waals surface area contributed by atoms with E-state index in [-0.39, 0.29) is 30.0 Å². The molecule has 2 unspecified atom stereocenters. The molecule has 1 aliphatic heterocycles. The van der Waals surface area contributed by atoms with Gasteiger partial charge in [-0.3, -0.25) is 0 Å². The average Bonchev–Trinajstić information content (AvgIpc) is 2.64. The van der Waals surface area contributed by atoms with Crippen LogP contribution in [0.25, 0.3) is 0 Å². The first-order chi connectivity index (χ1) is 10.9. The Bertz CT molecular complexity index is 597. The first-order valence-corrected chi connectivity index (χ1v) is 8.14. The minimum Gasteiger partial charge on any atom is -0.384 e. The van der Waals surface area contributed by atoms with E-state index in [1.165, 1.54) is 24.3 Å². The van der Waals surface area contributed by atoms with Gasteiger partial charge in [-0.2, -0.15) is 0 Å². The Balaban J connectivity index is 1.92. The van der Waals surface area contributed by atoms with Crippen LogP contribution in [0.1, 0.15) is 46.6 Å². The normalized spacial score (nSPS) is 24.2. The lowest BCUT2D eigenvalue weighted by Crippen LogP contribution is -2.51. The molecule has 1 aromatic carbocycles. The van der Waals surface area contributed by atoms with Gasteiger partial charge in [0.05, 0.1) is 23.8 Å². The molecule has 5 nitrogen and oxygen atoms in total. The van der Waals surface area contributed by atoms with E-state index in [0.717, 1.165) is 0 Å². The lowest BCUT2D eigenvalue weighted by molar-refractivity contribution is -0.0690. The van der Waals surface area contributed by atoms with E-state index in [0.29, 0.717) is 12.0 Å². The van der Waals surface area contributed by atoms with Crippen molar-refractivity contribution < 1.29 is 19.0 Å². The molecule has 2 atom stereocenters. The average molecular weight is 338 g/mol. The molecule has 0 spiro atoms. The molecule has 0 bridgehead atoms. The summed E-state index contributed by atoms with van der Waals surface area (Å²) < 4.78 is 18.9. The first-order valence-electron chi connectivity index (χ1n) is 8.14. The van der Waals surface area contributed by atoms with Crippen LogP contribution in [0.4, 0.5) is 9.18 Å². The molecule has 134 valence electrons. The van der Waals surface area contributed by atoms with Gasteiger partial charge in [0, 0.05) is 0 Å². The Morgan fingerprint density at radius 3 is 2.42 bits per heavy atom. The molecule has 6 heteroatoms. The summed E-state index contributed by atoms with van der Waals surface area (Å²) in [5.74, 6) is -0.369. The third-order valence-electron chi connectivity index (χ3n) is 4.44. The predicted octanol–water partition coefficient (Wildman–Crippen LogP) is 2.68. The molecule has 0 aromatic heterocycles. The van der Waals surface area contributed by atoms with E-state index in [4.69, 9.17) is 4.74 Å². The summed E-state index contributed by atoms with van der Waals surface area (Å²) in [5, 5.41) is 16.1. The summed E-state index contributed by atoms with van der Waals surface area (Å²) in [7, 11) is 0. The first kappa shape index (κ1) is 18.7. The van der Waals surface area contributed by atoms with Crippen LogP contribution in [0.2, 0.25) is 0 Å². The number of urea groups is 1. The Morgan fingerprint density at radius 1 is 1.33 bits per heavy atom. The number of hydrogen-bond donors (Lipinski definition) is 3. The number of nitrogens with one attached hydrogen (secondary N) is 2. The van der Waals surface area contributed by atoms with Gasteiger partial charge in [0.2, 0.25) is 0 Å². The number of aliphatic hydroxyl groups is 1. The van der Waals surface area contributed by atoms with E-state index in [9.17, 15) is 14.3 Å². The maximum atomic E-state index is 13.0. The van der Waals surface area contributed by atoms with E-state index in [1.807, 2.05) is 27.7 Å². The molecule has 3 N–H and O–H groups in total. The zero-order chi connectivity index (χ0) is 18.2. The van der Waals surface area contributed by atoms with Crippen LogP contribution in [0.3, 0.4) is 0 Å². The van der Waals surface area contributed by atoms with Crippen molar-refractivity contribution in [2.45, 2.75) is 63.9 Å². The molecule has 1 saturated heterocycles. The summed E-state index contributed by atoms with van der Waals surface area (Å²) in [6.07, 6.45) is 0.710. The van der Waals surface area contributed by atoms with Gasteiger partial charge < -0.3 is 20.5 Å². The second-order valence-electron chi connectivity index (χ2n) is 7.83. The van der Waals surface area contributed by atoms with Crippen LogP contribution in [0.15, 0.2) is 24.3 Å². The van der Waals surface area contributed by atoms with E-state index >= 15 is 0 Å². The molecule has 2 rings (SSSR count). The molecule has 0 saturated carbocycles. The van der Waals surface area contributed by atoms with Crippen molar-refractivity contribution in [3.8, 4) is 0 Å². The Labute approximate surface area is 142 Å². The number of halogens is 1. The highest BCUT2D eigenvalue weighted by Gasteiger charge is 2.46. The topological polar surface area (TPSA) is 70.6 Å². The number of hydrogen-bond acceptors (Lipinski definition) is 3. The molecule has 0 aliphatic carbocycles. The molecule has 1 aliphatic rings. The molecule has 24 heavy (non-hydrogen) atoms. The molecule has 1 aromatic rings. The van der Waals surface area contributed by atoms with Gasteiger partial charge in [-0.15, -0.1) is 0 Å². The van der Waals surface area contributed by atoms with Crippen LogP contribution in [-0.2, 0) is 10.3 Å². The second kappa shape index (κ2) is 6.33. The quantitative estimate of drug-likeness (QED) is 0.790. The zero-order valence-electron chi connectivity index (χ0n) is 14.9. The molecular weight excluding hydrogens is 311 g/mol. The molecular formula is C18H27FN2O3. The fourth-order valence-corrected chi connectivity index (χ4v) is 3.16. The lowest BCUT2D eigenvalue weighted by atomic mass is 9.94. The van der Waals surface area contributed by atoms with Crippen molar-refractivity contribution in [2.75, 3.05) is 6.54 Å². The summed E-state index contributed by atoms with van der Waals surface area (Å²) in [4.78, 5) is 12.2. The number of carbonyl (C=O) groups excluding carboxylic acids is 1. The maximum Gasteiger partial charge on any atom is 0.315 e. The Hall–Kier alpha value is -1.66. The fourth-order valence-electron chi connectivity index (χ4n) is 3.16. The van der Waals surface area contributed by atoms with Crippen molar-refractivity contribution in [3.63, 3.8) is 0 Å². The number of ether oxygens (including phenoxy) is 1. The van der Waals surface area contributed by atoms with Gasteiger partial charge in [-0.05, 0) is 58.7 Å². The van der Waals surface area contributed by atoms with Gasteiger partial charge >= 0.3 is 6.03 Å². The maximum absolute atomic E-state index is 13.0. The van der Waals surface area contributed by atoms with Gasteiger partial charge in [0.25, 0.3) is 0 Å². The Morgan fingerprint density at radius 2 is 1.92 bits per heavy atom. The highest BCUT2D eigenvalue weighted by atomic mass is 19.1. The predicted molar refractivity (Wildman–Crippen MR) is 90.2 cm³/mol. The minimum atomic E-state index is -1.29. The highest BCUT2D eigenvalue weighted by Crippen LogP contribution is 2.37. The van der Waals surface area contributed by atoms with Crippen LogP contribution in [0, 0.1) is 5.82 Å². The third-order valence-corrected chi connectivity index (χ3v) is 4.44. The summed E-state index contributed by atoms with van der Waals surface area (Å²) in [5.41, 5.74) is -1.50. The SMILES string of the molecule is CC1(C)CC(NC(=O)NCC(C)(O)c2ccc(F)cc2)C(C)(C)O1. The zero-order valence-corrected chi connectivity index (χ0v) is 14.9. The number of carbonyl (C=O) groups is 1. The van der Waals surface area contributed by atoms with Crippen molar-refractivity contribution in [2.24, 2.45) is 0 Å². The van der Waals surface area contributed by atoms with Crippen LogP contribution in [0.5, 0.6) is 0 Å². The van der Waals surface area contributed by atoms with Crippen molar-refractivity contribution in [3.05, 3.63) is 35.6 Å². The lowest BCUT2D eigenvalue weighted by Gasteiger charge is -2.29. The summed E-state index contributed by atoms with van der Waals surface area (Å²) >= 11 is 0.